The van der Waals surface area contributed by atoms with Crippen molar-refractivity contribution >= 4 is 44.9 Å². The average molecular weight is 469 g/mol. The zero-order chi connectivity index (χ0) is 20.0. The van der Waals surface area contributed by atoms with Gasteiger partial charge in [-0.3, -0.25) is 10.1 Å². The lowest BCUT2D eigenvalue weighted by molar-refractivity contribution is -0.00520. The number of hydrogen-bond donors (Lipinski definition) is 2. The minimum atomic E-state index is -0.204. The van der Waals surface area contributed by atoms with E-state index in [0.29, 0.717) is 16.1 Å². The predicted octanol–water partition coefficient (Wildman–Crippen LogP) is 6.04. The van der Waals surface area contributed by atoms with Crippen LogP contribution in [0.15, 0.2) is 53.0 Å². The lowest BCUT2D eigenvalue weighted by atomic mass is 9.48. The molecule has 4 saturated carbocycles. The lowest BCUT2D eigenvalue weighted by Gasteiger charge is -2.57. The summed E-state index contributed by atoms with van der Waals surface area (Å²) in [4.78, 5) is 12.3. The van der Waals surface area contributed by atoms with Crippen LogP contribution in [-0.2, 0) is 5.41 Å². The fraction of sp³-hybridized carbons (Fsp3) is 0.417. The van der Waals surface area contributed by atoms with Gasteiger partial charge in [0.25, 0.3) is 5.91 Å². The van der Waals surface area contributed by atoms with Crippen LogP contribution in [0.4, 0.5) is 5.69 Å². The monoisotopic (exact) mass is 468 g/mol. The van der Waals surface area contributed by atoms with E-state index in [1.807, 2.05) is 18.2 Å². The number of thiocarbonyl (C=S) groups is 1. The molecular formula is C24H25BrN2OS. The number of rotatable bonds is 3. The van der Waals surface area contributed by atoms with Gasteiger partial charge in [-0.05, 0) is 120 Å². The van der Waals surface area contributed by atoms with E-state index in [2.05, 4.69) is 44.8 Å². The van der Waals surface area contributed by atoms with Crippen molar-refractivity contribution in [1.82, 2.24) is 5.32 Å². The molecular weight excluding hydrogens is 444 g/mol. The topological polar surface area (TPSA) is 41.1 Å². The summed E-state index contributed by atoms with van der Waals surface area (Å²) in [6.45, 7) is 0. The SMILES string of the molecule is O=C(NC(=S)Nc1ccc(C23CC4CC(CC(C4)C2)C3)cc1Br)c1ccccc1. The molecule has 4 aliphatic carbocycles. The molecule has 1 amide bonds. The normalized spacial score (nSPS) is 29.5. The summed E-state index contributed by atoms with van der Waals surface area (Å²) in [6, 6.07) is 15.7. The first-order valence-electron chi connectivity index (χ1n) is 10.5. The maximum Gasteiger partial charge on any atom is 0.257 e. The lowest BCUT2D eigenvalue weighted by Crippen LogP contribution is -2.48. The minimum absolute atomic E-state index is 0.204. The van der Waals surface area contributed by atoms with Crippen LogP contribution < -0.4 is 10.6 Å². The van der Waals surface area contributed by atoms with E-state index in [1.165, 1.54) is 44.1 Å². The van der Waals surface area contributed by atoms with Gasteiger partial charge in [0.1, 0.15) is 0 Å². The molecule has 0 unspecified atom stereocenters. The van der Waals surface area contributed by atoms with Crippen LogP contribution in [0.3, 0.4) is 0 Å². The molecule has 0 aliphatic heterocycles. The molecule has 3 nitrogen and oxygen atoms in total. The second-order valence-electron chi connectivity index (χ2n) is 9.17. The Balaban J connectivity index is 1.29. The summed E-state index contributed by atoms with van der Waals surface area (Å²) in [6.07, 6.45) is 8.41. The van der Waals surface area contributed by atoms with E-state index in [9.17, 15) is 4.79 Å². The number of carbonyl (C=O) groups excluding carboxylic acids is 1. The molecule has 4 aliphatic rings. The van der Waals surface area contributed by atoms with Crippen molar-refractivity contribution in [2.75, 3.05) is 5.32 Å². The van der Waals surface area contributed by atoms with Gasteiger partial charge < -0.3 is 5.32 Å². The molecule has 4 bridgehead atoms. The zero-order valence-electron chi connectivity index (χ0n) is 16.3. The largest absolute Gasteiger partial charge is 0.331 e. The predicted molar refractivity (Wildman–Crippen MR) is 124 cm³/mol. The standard InChI is InChI=1S/C24H25BrN2OS/c25-20-11-19(24-12-15-8-16(13-24)10-17(9-15)14-24)6-7-21(20)26-23(29)27-22(28)18-4-2-1-3-5-18/h1-7,11,15-17H,8-10,12-14H2,(H2,26,27,28,29). The molecule has 0 radical (unpaired) electrons. The molecule has 2 aromatic carbocycles. The summed E-state index contributed by atoms with van der Waals surface area (Å²) in [5.74, 6) is 2.58. The highest BCUT2D eigenvalue weighted by Crippen LogP contribution is 2.60. The van der Waals surface area contributed by atoms with Crippen LogP contribution in [0.2, 0.25) is 0 Å². The molecule has 0 aromatic heterocycles. The molecule has 2 N–H and O–H groups in total. The van der Waals surface area contributed by atoms with E-state index in [-0.39, 0.29) is 5.91 Å². The Labute approximate surface area is 185 Å². The van der Waals surface area contributed by atoms with E-state index >= 15 is 0 Å². The molecule has 4 fully saturated rings. The molecule has 0 spiro atoms. The Morgan fingerprint density at radius 3 is 2.17 bits per heavy atom. The first-order chi connectivity index (χ1) is 14.0. The Kier molecular flexibility index (Phi) is 4.99. The molecule has 150 valence electrons. The first-order valence-corrected chi connectivity index (χ1v) is 11.7. The molecule has 5 heteroatoms. The van der Waals surface area contributed by atoms with Gasteiger partial charge in [-0.1, -0.05) is 24.3 Å². The number of benzene rings is 2. The van der Waals surface area contributed by atoms with Crippen molar-refractivity contribution in [1.29, 1.82) is 0 Å². The van der Waals surface area contributed by atoms with Crippen LogP contribution in [-0.4, -0.2) is 11.0 Å². The van der Waals surface area contributed by atoms with Gasteiger partial charge in [0.2, 0.25) is 0 Å². The zero-order valence-corrected chi connectivity index (χ0v) is 18.7. The fourth-order valence-corrected chi connectivity index (χ4v) is 7.01. The van der Waals surface area contributed by atoms with E-state index in [0.717, 1.165) is 27.9 Å². The highest BCUT2D eigenvalue weighted by molar-refractivity contribution is 9.10. The van der Waals surface area contributed by atoms with Gasteiger partial charge in [-0.2, -0.15) is 0 Å². The fourth-order valence-electron chi connectivity index (χ4n) is 6.33. The molecule has 0 atom stereocenters. The summed E-state index contributed by atoms with van der Waals surface area (Å²) in [7, 11) is 0. The van der Waals surface area contributed by atoms with Crippen molar-refractivity contribution in [3.8, 4) is 0 Å². The Hall–Kier alpha value is -1.72. The third-order valence-electron chi connectivity index (χ3n) is 7.13. The molecule has 2 aromatic rings. The van der Waals surface area contributed by atoms with Crippen molar-refractivity contribution in [2.24, 2.45) is 17.8 Å². The molecule has 0 saturated heterocycles. The van der Waals surface area contributed by atoms with E-state index < -0.39 is 0 Å². The van der Waals surface area contributed by atoms with Gasteiger partial charge in [0.15, 0.2) is 5.11 Å². The highest BCUT2D eigenvalue weighted by atomic mass is 79.9. The van der Waals surface area contributed by atoms with Crippen LogP contribution >= 0.6 is 28.1 Å². The number of amides is 1. The molecule has 29 heavy (non-hydrogen) atoms. The third-order valence-corrected chi connectivity index (χ3v) is 7.99. The van der Waals surface area contributed by atoms with Crippen molar-refractivity contribution in [2.45, 2.75) is 43.9 Å². The van der Waals surface area contributed by atoms with Gasteiger partial charge in [0, 0.05) is 10.0 Å². The van der Waals surface area contributed by atoms with Crippen molar-refractivity contribution in [3.05, 3.63) is 64.1 Å². The average Bonchev–Trinajstić information content (AvgIpc) is 2.69. The second-order valence-corrected chi connectivity index (χ2v) is 10.4. The van der Waals surface area contributed by atoms with E-state index in [4.69, 9.17) is 12.2 Å². The van der Waals surface area contributed by atoms with E-state index in [1.54, 1.807) is 12.1 Å². The number of carbonyl (C=O) groups is 1. The highest BCUT2D eigenvalue weighted by Gasteiger charge is 2.51. The molecule has 0 heterocycles. The summed E-state index contributed by atoms with van der Waals surface area (Å²) < 4.78 is 1.00. The number of halogens is 1. The summed E-state index contributed by atoms with van der Waals surface area (Å²) in [5.41, 5.74) is 3.32. The van der Waals surface area contributed by atoms with Gasteiger partial charge >= 0.3 is 0 Å². The maximum absolute atomic E-state index is 12.3. The Bertz CT molecular complexity index is 923. The third kappa shape index (κ3) is 3.75. The van der Waals surface area contributed by atoms with Crippen LogP contribution in [0.25, 0.3) is 0 Å². The quantitative estimate of drug-likeness (QED) is 0.539. The number of hydrogen-bond acceptors (Lipinski definition) is 2. The first kappa shape index (κ1) is 19.3. The van der Waals surface area contributed by atoms with Crippen LogP contribution in [0, 0.1) is 17.8 Å². The van der Waals surface area contributed by atoms with Gasteiger partial charge in [0.05, 0.1) is 5.69 Å². The second kappa shape index (κ2) is 7.51. The summed E-state index contributed by atoms with van der Waals surface area (Å²) in [5, 5.41) is 6.23. The smallest absolute Gasteiger partial charge is 0.257 e. The van der Waals surface area contributed by atoms with Crippen molar-refractivity contribution < 1.29 is 4.79 Å². The summed E-state index contributed by atoms with van der Waals surface area (Å²) >= 11 is 9.09. The Morgan fingerprint density at radius 2 is 1.59 bits per heavy atom. The van der Waals surface area contributed by atoms with Crippen molar-refractivity contribution in [3.63, 3.8) is 0 Å². The van der Waals surface area contributed by atoms with Crippen LogP contribution in [0.5, 0.6) is 0 Å². The Morgan fingerprint density at radius 1 is 0.966 bits per heavy atom. The molecule has 6 rings (SSSR count). The van der Waals surface area contributed by atoms with Gasteiger partial charge in [-0.25, -0.2) is 0 Å². The number of anilines is 1. The van der Waals surface area contributed by atoms with Gasteiger partial charge in [-0.15, -0.1) is 0 Å². The number of nitrogens with one attached hydrogen (secondary N) is 2. The maximum atomic E-state index is 12.3. The van der Waals surface area contributed by atoms with Crippen LogP contribution in [0.1, 0.15) is 54.4 Å². The minimum Gasteiger partial charge on any atom is -0.331 e.